The molecule has 0 atom stereocenters. The van der Waals surface area contributed by atoms with Gasteiger partial charge in [0, 0.05) is 18.8 Å². The highest BCUT2D eigenvalue weighted by molar-refractivity contribution is 5.68. The van der Waals surface area contributed by atoms with Gasteiger partial charge in [0.15, 0.2) is 0 Å². The van der Waals surface area contributed by atoms with E-state index in [-0.39, 0.29) is 0 Å². The minimum absolute atomic E-state index is 0.400. The van der Waals surface area contributed by atoms with E-state index in [1.807, 2.05) is 24.8 Å². The van der Waals surface area contributed by atoms with Crippen molar-refractivity contribution in [3.63, 3.8) is 0 Å². The average Bonchev–Trinajstić information content (AvgIpc) is 2.74. The van der Waals surface area contributed by atoms with Crippen molar-refractivity contribution in [3.05, 3.63) is 37.9 Å². The fourth-order valence-corrected chi connectivity index (χ4v) is 2.50. The van der Waals surface area contributed by atoms with Crippen LogP contribution in [-0.2, 0) is 4.74 Å². The quantitative estimate of drug-likeness (QED) is 0.708. The molecular formula is C13H15N3O3. The number of hydrogen-bond acceptors (Lipinski definition) is 5. The lowest BCUT2D eigenvalue weighted by atomic mass is 10.1. The van der Waals surface area contributed by atoms with Crippen LogP contribution in [0.15, 0.2) is 15.7 Å². The summed E-state index contributed by atoms with van der Waals surface area (Å²) in [5.74, 6) is 0. The molecule has 2 aromatic rings. The van der Waals surface area contributed by atoms with E-state index < -0.39 is 10.9 Å². The summed E-state index contributed by atoms with van der Waals surface area (Å²) in [4.78, 5) is 25.6. The zero-order chi connectivity index (χ0) is 13.6. The van der Waals surface area contributed by atoms with E-state index in [2.05, 4.69) is 5.10 Å². The van der Waals surface area contributed by atoms with E-state index in [0.29, 0.717) is 37.7 Å². The van der Waals surface area contributed by atoms with Gasteiger partial charge in [0.2, 0.25) is 0 Å². The molecule has 0 unspecified atom stereocenters. The number of morpholine rings is 1. The van der Waals surface area contributed by atoms with E-state index in [1.165, 1.54) is 0 Å². The molecule has 0 N–H and O–H groups in total. The lowest BCUT2D eigenvalue weighted by molar-refractivity contribution is 0.122. The molecule has 0 radical (unpaired) electrons. The molecule has 0 spiro atoms. The van der Waals surface area contributed by atoms with Crippen molar-refractivity contribution in [1.29, 1.82) is 0 Å². The molecule has 1 aliphatic rings. The zero-order valence-corrected chi connectivity index (χ0v) is 11.0. The molecule has 2 heterocycles. The molecule has 1 fully saturated rings. The van der Waals surface area contributed by atoms with Gasteiger partial charge in [0.25, 0.3) is 10.9 Å². The molecule has 1 aromatic heterocycles. The Balaban J connectivity index is 2.08. The molecule has 3 rings (SSSR count). The maximum atomic E-state index is 11.9. The van der Waals surface area contributed by atoms with Gasteiger partial charge < -0.3 is 9.64 Å². The molecular weight excluding hydrogens is 246 g/mol. The molecule has 0 bridgehead atoms. The number of anilines is 1. The van der Waals surface area contributed by atoms with E-state index in [4.69, 9.17) is 4.74 Å². The lowest BCUT2D eigenvalue weighted by Gasteiger charge is -2.30. The minimum Gasteiger partial charge on any atom is -0.378 e. The van der Waals surface area contributed by atoms with Gasteiger partial charge in [-0.05, 0) is 19.9 Å². The highest BCUT2D eigenvalue weighted by atomic mass is 16.5. The van der Waals surface area contributed by atoms with Crippen molar-refractivity contribution in [2.45, 2.75) is 13.8 Å². The fraction of sp³-hybridized carbons (Fsp3) is 0.462. The van der Waals surface area contributed by atoms with E-state index >= 15 is 0 Å². The van der Waals surface area contributed by atoms with Crippen LogP contribution in [-0.4, -0.2) is 36.1 Å². The Morgan fingerprint density at radius 1 is 1.11 bits per heavy atom. The molecule has 0 saturated carbocycles. The number of ether oxygens (including phenoxy) is 1. The highest BCUT2D eigenvalue weighted by Crippen LogP contribution is 2.21. The SMILES string of the molecule is Cc1cc(C)n(-c2c(N3CCOCC3)c(=O)c2=O)n1. The van der Waals surface area contributed by atoms with E-state index in [0.717, 1.165) is 11.4 Å². The Kier molecular flexibility index (Phi) is 2.74. The monoisotopic (exact) mass is 261 g/mol. The third-order valence-corrected chi connectivity index (χ3v) is 3.41. The first-order valence-electron chi connectivity index (χ1n) is 6.29. The van der Waals surface area contributed by atoms with Crippen molar-refractivity contribution < 1.29 is 4.74 Å². The van der Waals surface area contributed by atoms with Crippen molar-refractivity contribution in [1.82, 2.24) is 9.78 Å². The largest absolute Gasteiger partial charge is 0.378 e. The smallest absolute Gasteiger partial charge is 0.255 e. The van der Waals surface area contributed by atoms with Crippen LogP contribution in [0.25, 0.3) is 5.69 Å². The van der Waals surface area contributed by atoms with Crippen LogP contribution in [0, 0.1) is 13.8 Å². The Bertz CT molecular complexity index is 688. The van der Waals surface area contributed by atoms with Gasteiger partial charge in [0.05, 0.1) is 18.9 Å². The van der Waals surface area contributed by atoms with Crippen LogP contribution in [0.3, 0.4) is 0 Å². The van der Waals surface area contributed by atoms with Crippen molar-refractivity contribution in [2.75, 3.05) is 31.2 Å². The van der Waals surface area contributed by atoms with Gasteiger partial charge in [-0.3, -0.25) is 9.59 Å². The second-order valence-electron chi connectivity index (χ2n) is 4.79. The van der Waals surface area contributed by atoms with Gasteiger partial charge in [0.1, 0.15) is 11.4 Å². The number of nitrogens with zero attached hydrogens (tertiary/aromatic N) is 3. The van der Waals surface area contributed by atoms with Crippen molar-refractivity contribution in [3.8, 4) is 5.69 Å². The molecule has 19 heavy (non-hydrogen) atoms. The molecule has 0 amide bonds. The normalized spacial score (nSPS) is 16.2. The maximum Gasteiger partial charge on any atom is 0.255 e. The third kappa shape index (κ3) is 1.79. The number of aromatic nitrogens is 2. The first kappa shape index (κ1) is 12.1. The first-order valence-corrected chi connectivity index (χ1v) is 6.29. The van der Waals surface area contributed by atoms with Crippen LogP contribution >= 0.6 is 0 Å². The maximum absolute atomic E-state index is 11.9. The Labute approximate surface area is 109 Å². The Hall–Kier alpha value is -1.95. The van der Waals surface area contributed by atoms with Gasteiger partial charge >= 0.3 is 0 Å². The summed E-state index contributed by atoms with van der Waals surface area (Å²) in [6, 6.07) is 1.89. The van der Waals surface area contributed by atoms with E-state index in [9.17, 15) is 9.59 Å². The van der Waals surface area contributed by atoms with E-state index in [1.54, 1.807) is 4.68 Å². The van der Waals surface area contributed by atoms with Gasteiger partial charge in [-0.1, -0.05) is 0 Å². The summed E-state index contributed by atoms with van der Waals surface area (Å²) in [5, 5.41) is 4.29. The van der Waals surface area contributed by atoms with Crippen LogP contribution in [0.5, 0.6) is 0 Å². The molecule has 1 aliphatic heterocycles. The van der Waals surface area contributed by atoms with Crippen LogP contribution in [0.2, 0.25) is 0 Å². The Morgan fingerprint density at radius 3 is 2.32 bits per heavy atom. The highest BCUT2D eigenvalue weighted by Gasteiger charge is 2.29. The summed E-state index contributed by atoms with van der Waals surface area (Å²) in [7, 11) is 0. The summed E-state index contributed by atoms with van der Waals surface area (Å²) in [5.41, 5.74) is 1.71. The summed E-state index contributed by atoms with van der Waals surface area (Å²) in [6.45, 7) is 6.17. The molecule has 1 saturated heterocycles. The second-order valence-corrected chi connectivity index (χ2v) is 4.79. The predicted octanol–water partition coefficient (Wildman–Crippen LogP) is -0.0783. The van der Waals surface area contributed by atoms with Gasteiger partial charge in [-0.2, -0.15) is 5.10 Å². The number of hydrogen-bond donors (Lipinski definition) is 0. The van der Waals surface area contributed by atoms with Crippen LogP contribution in [0.4, 0.5) is 5.69 Å². The lowest BCUT2D eigenvalue weighted by Crippen LogP contribution is -2.48. The standard InChI is InChI=1S/C13H15N3O3/c1-8-7-9(2)16(14-8)11-10(12(17)13(11)18)15-3-5-19-6-4-15/h7H,3-6H2,1-2H3. The zero-order valence-electron chi connectivity index (χ0n) is 11.0. The molecule has 0 aliphatic carbocycles. The van der Waals surface area contributed by atoms with Gasteiger partial charge in [-0.25, -0.2) is 4.68 Å². The molecule has 6 nitrogen and oxygen atoms in total. The van der Waals surface area contributed by atoms with Gasteiger partial charge in [-0.15, -0.1) is 0 Å². The summed E-state index contributed by atoms with van der Waals surface area (Å²) in [6.07, 6.45) is 0. The number of rotatable bonds is 2. The van der Waals surface area contributed by atoms with Crippen LogP contribution < -0.4 is 15.8 Å². The Morgan fingerprint density at radius 2 is 1.74 bits per heavy atom. The molecule has 100 valence electrons. The summed E-state index contributed by atoms with van der Waals surface area (Å²) >= 11 is 0. The minimum atomic E-state index is -0.451. The average molecular weight is 261 g/mol. The topological polar surface area (TPSA) is 64.4 Å². The fourth-order valence-electron chi connectivity index (χ4n) is 2.50. The molecule has 1 aromatic carbocycles. The second kappa shape index (κ2) is 4.31. The van der Waals surface area contributed by atoms with Crippen molar-refractivity contribution >= 4 is 5.69 Å². The summed E-state index contributed by atoms with van der Waals surface area (Å²) < 4.78 is 6.84. The third-order valence-electron chi connectivity index (χ3n) is 3.41. The first-order chi connectivity index (χ1) is 9.09. The van der Waals surface area contributed by atoms with Crippen molar-refractivity contribution in [2.24, 2.45) is 0 Å². The van der Waals surface area contributed by atoms with Crippen LogP contribution in [0.1, 0.15) is 11.4 Å². The number of aryl methyl sites for hydroxylation is 2. The predicted molar refractivity (Wildman–Crippen MR) is 71.0 cm³/mol. The molecule has 6 heteroatoms.